The van der Waals surface area contributed by atoms with Crippen LogP contribution in [0.2, 0.25) is 0 Å². The number of rotatable bonds is 15. The van der Waals surface area contributed by atoms with Crippen LogP contribution in [0.4, 0.5) is 11.6 Å². The molecule has 3 aromatic rings. The second kappa shape index (κ2) is 23.2. The third-order valence-corrected chi connectivity index (χ3v) is 7.50. The van der Waals surface area contributed by atoms with Crippen LogP contribution in [0, 0.1) is 5.92 Å². The van der Waals surface area contributed by atoms with E-state index in [1.807, 2.05) is 59.2 Å². The standard InChI is InChI=1S/C35H44N4O4.2C2H6/c1-4-6-10-30(34(40)41-3)17-21-42-26-27-15-19-39(20-16-27)35-37-24-32(25-38-35)36-18-22-43-33-14-13-31(23-28(33)5-2)29-11-8-7-9-12-29;2*1-2/h6-14,17,23-25,27,36H,4-5,15-16,18-22,26H2,1-3H3;2*1-2H3/b10-6-,30-17+;;. The van der Waals surface area contributed by atoms with Crippen molar-refractivity contribution < 1.29 is 19.0 Å². The van der Waals surface area contributed by atoms with Crippen LogP contribution in [0.3, 0.4) is 0 Å². The molecule has 1 aliphatic heterocycles. The van der Waals surface area contributed by atoms with E-state index in [2.05, 4.69) is 69.6 Å². The molecule has 0 bridgehead atoms. The summed E-state index contributed by atoms with van der Waals surface area (Å²) in [6, 6.07) is 16.8. The van der Waals surface area contributed by atoms with Crippen LogP contribution < -0.4 is 15.0 Å². The van der Waals surface area contributed by atoms with Crippen molar-refractivity contribution >= 4 is 17.6 Å². The summed E-state index contributed by atoms with van der Waals surface area (Å²) in [6.45, 7) is 16.2. The van der Waals surface area contributed by atoms with Crippen LogP contribution in [-0.4, -0.2) is 62.5 Å². The molecule has 0 atom stereocenters. The summed E-state index contributed by atoms with van der Waals surface area (Å²) in [4.78, 5) is 23.3. The summed E-state index contributed by atoms with van der Waals surface area (Å²) in [5, 5.41) is 3.36. The Hall–Kier alpha value is -4.17. The van der Waals surface area contributed by atoms with Crippen molar-refractivity contribution in [1.29, 1.82) is 0 Å². The molecule has 0 saturated carbocycles. The molecule has 0 amide bonds. The third kappa shape index (κ3) is 13.2. The van der Waals surface area contributed by atoms with Gasteiger partial charge in [0.2, 0.25) is 5.95 Å². The summed E-state index contributed by atoms with van der Waals surface area (Å²) in [5.41, 5.74) is 5.02. The molecule has 0 unspecified atom stereocenters. The van der Waals surface area contributed by atoms with Gasteiger partial charge in [-0.2, -0.15) is 0 Å². The predicted octanol–water partition coefficient (Wildman–Crippen LogP) is 8.55. The van der Waals surface area contributed by atoms with E-state index in [0.29, 0.717) is 37.9 Å². The molecule has 1 aromatic heterocycles. The first-order chi connectivity index (χ1) is 23.1. The van der Waals surface area contributed by atoms with Gasteiger partial charge in [-0.25, -0.2) is 14.8 Å². The molecule has 2 aromatic carbocycles. The van der Waals surface area contributed by atoms with Crippen molar-refractivity contribution in [2.24, 2.45) is 5.92 Å². The van der Waals surface area contributed by atoms with E-state index in [1.165, 1.54) is 23.8 Å². The molecule has 1 aliphatic rings. The van der Waals surface area contributed by atoms with Crippen LogP contribution in [0.25, 0.3) is 11.1 Å². The van der Waals surface area contributed by atoms with Gasteiger partial charge in [-0.3, -0.25) is 0 Å². The van der Waals surface area contributed by atoms with E-state index in [-0.39, 0.29) is 5.97 Å². The minimum absolute atomic E-state index is 0.341. The smallest absolute Gasteiger partial charge is 0.337 e. The summed E-state index contributed by atoms with van der Waals surface area (Å²) in [7, 11) is 1.39. The van der Waals surface area contributed by atoms with Gasteiger partial charge in [0, 0.05) is 26.2 Å². The normalized spacial score (nSPS) is 13.3. The van der Waals surface area contributed by atoms with Gasteiger partial charge in [0.15, 0.2) is 0 Å². The maximum atomic E-state index is 11.9. The van der Waals surface area contributed by atoms with E-state index in [0.717, 1.165) is 56.2 Å². The SMILES string of the molecule is CC.CC.CC/C=C\C(=C/COCC1CCN(c2ncc(NCCOc3ccc(-c4ccccc4)cc3CC)cn2)CC1)C(=O)OC. The number of benzene rings is 2. The second-order valence-electron chi connectivity index (χ2n) is 10.5. The number of aromatic nitrogens is 2. The molecular weight excluding hydrogens is 588 g/mol. The molecule has 0 spiro atoms. The lowest BCUT2D eigenvalue weighted by Crippen LogP contribution is -2.36. The fourth-order valence-electron chi connectivity index (χ4n) is 5.00. The first-order valence-electron chi connectivity index (χ1n) is 17.3. The van der Waals surface area contributed by atoms with E-state index in [1.54, 1.807) is 12.2 Å². The lowest BCUT2D eigenvalue weighted by atomic mass is 9.98. The molecule has 2 heterocycles. The molecule has 8 nitrogen and oxygen atoms in total. The number of hydrogen-bond donors (Lipinski definition) is 1. The lowest BCUT2D eigenvalue weighted by Gasteiger charge is -2.31. The van der Waals surface area contributed by atoms with Gasteiger partial charge in [-0.15, -0.1) is 0 Å². The zero-order chi connectivity index (χ0) is 34.3. The molecule has 0 radical (unpaired) electrons. The summed E-state index contributed by atoms with van der Waals surface area (Å²) < 4.78 is 16.8. The highest BCUT2D eigenvalue weighted by molar-refractivity contribution is 5.91. The zero-order valence-corrected chi connectivity index (χ0v) is 29.6. The summed E-state index contributed by atoms with van der Waals surface area (Å²) >= 11 is 0. The minimum atomic E-state index is -0.341. The van der Waals surface area contributed by atoms with Crippen LogP contribution in [0.1, 0.15) is 66.4 Å². The Morgan fingerprint density at radius 2 is 1.68 bits per heavy atom. The maximum absolute atomic E-state index is 11.9. The topological polar surface area (TPSA) is 85.8 Å². The molecule has 1 saturated heterocycles. The lowest BCUT2D eigenvalue weighted by molar-refractivity contribution is -0.135. The quantitative estimate of drug-likeness (QED) is 0.0763. The molecule has 0 aliphatic carbocycles. The number of nitrogens with one attached hydrogen (secondary N) is 1. The Kier molecular flexibility index (Phi) is 19.3. The van der Waals surface area contributed by atoms with Crippen molar-refractivity contribution in [3.8, 4) is 16.9 Å². The van der Waals surface area contributed by atoms with Gasteiger partial charge in [0.25, 0.3) is 0 Å². The number of esters is 1. The highest BCUT2D eigenvalue weighted by Gasteiger charge is 2.21. The molecule has 256 valence electrons. The fraction of sp³-hybridized carbons (Fsp3) is 0.462. The van der Waals surface area contributed by atoms with E-state index < -0.39 is 0 Å². The minimum Gasteiger partial charge on any atom is -0.491 e. The van der Waals surface area contributed by atoms with E-state index in [4.69, 9.17) is 14.2 Å². The zero-order valence-electron chi connectivity index (χ0n) is 29.6. The largest absolute Gasteiger partial charge is 0.491 e. The number of nitrogens with zero attached hydrogens (tertiary/aromatic N) is 3. The number of anilines is 2. The number of hydrogen-bond acceptors (Lipinski definition) is 8. The Morgan fingerprint density at radius 3 is 2.32 bits per heavy atom. The first-order valence-corrected chi connectivity index (χ1v) is 17.3. The number of carbonyl (C=O) groups excluding carboxylic acids is 1. The Morgan fingerprint density at radius 1 is 0.979 bits per heavy atom. The van der Waals surface area contributed by atoms with Crippen molar-refractivity contribution in [1.82, 2.24) is 9.97 Å². The maximum Gasteiger partial charge on any atom is 0.337 e. The first kappa shape index (κ1) is 39.0. The number of carbonyl (C=O) groups is 1. The highest BCUT2D eigenvalue weighted by atomic mass is 16.5. The van der Waals surface area contributed by atoms with Crippen LogP contribution in [-0.2, 0) is 20.7 Å². The predicted molar refractivity (Wildman–Crippen MR) is 195 cm³/mol. The average Bonchev–Trinajstić information content (AvgIpc) is 3.15. The van der Waals surface area contributed by atoms with Crippen molar-refractivity contribution in [2.75, 3.05) is 56.8 Å². The summed E-state index contributed by atoms with van der Waals surface area (Å²) in [5.74, 6) is 1.81. The van der Waals surface area contributed by atoms with Crippen molar-refractivity contribution in [3.63, 3.8) is 0 Å². The van der Waals surface area contributed by atoms with Crippen molar-refractivity contribution in [3.05, 3.63) is 90.3 Å². The monoisotopic (exact) mass is 644 g/mol. The number of allylic oxidation sites excluding steroid dienone is 1. The van der Waals surface area contributed by atoms with Crippen LogP contribution in [0.15, 0.2) is 84.7 Å². The van der Waals surface area contributed by atoms with Gasteiger partial charge in [-0.1, -0.05) is 90.1 Å². The van der Waals surface area contributed by atoms with Crippen LogP contribution >= 0.6 is 0 Å². The van der Waals surface area contributed by atoms with Gasteiger partial charge in [0.05, 0.1) is 37.4 Å². The van der Waals surface area contributed by atoms with Gasteiger partial charge in [-0.05, 0) is 66.5 Å². The molecule has 8 heteroatoms. The average molecular weight is 645 g/mol. The van der Waals surface area contributed by atoms with E-state index >= 15 is 0 Å². The second-order valence-corrected chi connectivity index (χ2v) is 10.5. The Bertz CT molecular complexity index is 1330. The molecule has 47 heavy (non-hydrogen) atoms. The van der Waals surface area contributed by atoms with Crippen molar-refractivity contribution in [2.45, 2.75) is 67.2 Å². The Balaban J connectivity index is 0.00000185. The van der Waals surface area contributed by atoms with Gasteiger partial charge >= 0.3 is 5.97 Å². The molecule has 4 rings (SSSR count). The molecular formula is C39H56N4O4. The number of piperidine rings is 1. The van der Waals surface area contributed by atoms with E-state index in [9.17, 15) is 4.79 Å². The molecule has 1 N–H and O–H groups in total. The fourth-order valence-corrected chi connectivity index (χ4v) is 5.00. The number of ether oxygens (including phenoxy) is 3. The highest BCUT2D eigenvalue weighted by Crippen LogP contribution is 2.27. The van der Waals surface area contributed by atoms with Gasteiger partial charge < -0.3 is 24.4 Å². The third-order valence-electron chi connectivity index (χ3n) is 7.50. The number of aryl methyl sites for hydroxylation is 1. The Labute approximate surface area is 283 Å². The van der Waals surface area contributed by atoms with Gasteiger partial charge in [0.1, 0.15) is 12.4 Å². The summed E-state index contributed by atoms with van der Waals surface area (Å²) in [6.07, 6.45) is 13.0. The van der Waals surface area contributed by atoms with Crippen LogP contribution in [0.5, 0.6) is 5.75 Å². The number of methoxy groups -OCH3 is 1. The molecule has 1 fully saturated rings.